The maximum atomic E-state index is 2.35. The molecule has 0 aliphatic heterocycles. The Labute approximate surface area is 83.2 Å². The van der Waals surface area contributed by atoms with Crippen LogP contribution in [-0.4, -0.2) is 0 Å². The number of hydrogen-bond acceptors (Lipinski definition) is 1. The molecule has 1 heteroatoms. The zero-order chi connectivity index (χ0) is 9.26. The van der Waals surface area contributed by atoms with Crippen molar-refractivity contribution in [1.82, 2.24) is 0 Å². The van der Waals surface area contributed by atoms with Gasteiger partial charge in [-0.2, -0.15) is 0 Å². The molecule has 0 unspecified atom stereocenters. The van der Waals surface area contributed by atoms with Gasteiger partial charge in [0.25, 0.3) is 0 Å². The Bertz CT molecular complexity index is 374. The highest BCUT2D eigenvalue weighted by molar-refractivity contribution is 7.17. The Balaban J connectivity index is 2.67. The molecule has 0 saturated carbocycles. The van der Waals surface area contributed by atoms with Gasteiger partial charge in [-0.05, 0) is 46.9 Å². The third kappa shape index (κ3) is 1.49. The highest BCUT2D eigenvalue weighted by atomic mass is 32.1. The summed E-state index contributed by atoms with van der Waals surface area (Å²) in [6, 6.07) is 6.89. The first kappa shape index (κ1) is 8.76. The van der Waals surface area contributed by atoms with E-state index in [2.05, 4.69) is 37.4 Å². The Morgan fingerprint density at radius 3 is 2.46 bits per heavy atom. The van der Waals surface area contributed by atoms with Crippen molar-refractivity contribution in [3.05, 3.63) is 34.7 Å². The van der Waals surface area contributed by atoms with Crippen LogP contribution in [0.25, 0.3) is 10.1 Å². The summed E-state index contributed by atoms with van der Waals surface area (Å²) in [5, 5.41) is 3.57. The SMILES string of the molecule is CCc1cc2ccsc2cc1CC. The van der Waals surface area contributed by atoms with Crippen LogP contribution in [0.15, 0.2) is 23.6 Å². The van der Waals surface area contributed by atoms with Gasteiger partial charge in [-0.3, -0.25) is 0 Å². The predicted octanol–water partition coefficient (Wildman–Crippen LogP) is 4.03. The van der Waals surface area contributed by atoms with E-state index in [1.807, 2.05) is 11.3 Å². The predicted molar refractivity (Wildman–Crippen MR) is 60.6 cm³/mol. The van der Waals surface area contributed by atoms with Crippen LogP contribution in [0, 0.1) is 0 Å². The number of aryl methyl sites for hydroxylation is 2. The van der Waals surface area contributed by atoms with Gasteiger partial charge in [0.15, 0.2) is 0 Å². The van der Waals surface area contributed by atoms with Gasteiger partial charge in [-0.1, -0.05) is 19.9 Å². The lowest BCUT2D eigenvalue weighted by Gasteiger charge is -2.05. The molecule has 0 saturated heterocycles. The molecule has 13 heavy (non-hydrogen) atoms. The van der Waals surface area contributed by atoms with Crippen LogP contribution in [0.1, 0.15) is 25.0 Å². The molecule has 0 nitrogen and oxygen atoms in total. The average Bonchev–Trinajstić information content (AvgIpc) is 2.62. The van der Waals surface area contributed by atoms with E-state index < -0.39 is 0 Å². The van der Waals surface area contributed by atoms with Crippen molar-refractivity contribution in [3.63, 3.8) is 0 Å². The summed E-state index contributed by atoms with van der Waals surface area (Å²) in [4.78, 5) is 0. The van der Waals surface area contributed by atoms with E-state index in [1.165, 1.54) is 21.2 Å². The first-order valence-corrected chi connectivity index (χ1v) is 5.72. The normalized spacial score (nSPS) is 10.9. The van der Waals surface area contributed by atoms with Gasteiger partial charge in [0.1, 0.15) is 0 Å². The fourth-order valence-corrected chi connectivity index (χ4v) is 2.59. The average molecular weight is 190 g/mol. The third-order valence-corrected chi connectivity index (χ3v) is 3.42. The van der Waals surface area contributed by atoms with Crippen LogP contribution >= 0.6 is 11.3 Å². The van der Waals surface area contributed by atoms with Gasteiger partial charge < -0.3 is 0 Å². The first-order valence-electron chi connectivity index (χ1n) is 4.84. The molecule has 2 rings (SSSR count). The van der Waals surface area contributed by atoms with Crippen LogP contribution in [0.4, 0.5) is 0 Å². The van der Waals surface area contributed by atoms with Crippen LogP contribution in [0.3, 0.4) is 0 Å². The van der Waals surface area contributed by atoms with E-state index in [-0.39, 0.29) is 0 Å². The monoisotopic (exact) mass is 190 g/mol. The molecule has 68 valence electrons. The number of benzene rings is 1. The Morgan fingerprint density at radius 2 is 1.77 bits per heavy atom. The lowest BCUT2D eigenvalue weighted by atomic mass is 10.0. The molecule has 0 bridgehead atoms. The minimum Gasteiger partial charge on any atom is -0.144 e. The molecule has 0 radical (unpaired) electrons. The lowest BCUT2D eigenvalue weighted by molar-refractivity contribution is 1.04. The summed E-state index contributed by atoms with van der Waals surface area (Å²) in [6.45, 7) is 4.46. The molecule has 0 fully saturated rings. The minimum atomic E-state index is 1.15. The zero-order valence-corrected chi connectivity index (χ0v) is 8.95. The van der Waals surface area contributed by atoms with Crippen molar-refractivity contribution in [1.29, 1.82) is 0 Å². The van der Waals surface area contributed by atoms with Gasteiger partial charge >= 0.3 is 0 Å². The Kier molecular flexibility index (Phi) is 2.36. The Morgan fingerprint density at radius 1 is 1.08 bits per heavy atom. The zero-order valence-electron chi connectivity index (χ0n) is 8.13. The van der Waals surface area contributed by atoms with Gasteiger partial charge in [0.2, 0.25) is 0 Å². The molecule has 0 amide bonds. The van der Waals surface area contributed by atoms with Crippen molar-refractivity contribution in [2.75, 3.05) is 0 Å². The van der Waals surface area contributed by atoms with Crippen LogP contribution in [0.5, 0.6) is 0 Å². The van der Waals surface area contributed by atoms with Gasteiger partial charge in [0.05, 0.1) is 0 Å². The van der Waals surface area contributed by atoms with Crippen LogP contribution < -0.4 is 0 Å². The largest absolute Gasteiger partial charge is 0.144 e. The van der Waals surface area contributed by atoms with Crippen LogP contribution in [-0.2, 0) is 12.8 Å². The van der Waals surface area contributed by atoms with Crippen molar-refractivity contribution < 1.29 is 0 Å². The summed E-state index contributed by atoms with van der Waals surface area (Å²) in [6.07, 6.45) is 2.30. The van der Waals surface area contributed by atoms with Crippen molar-refractivity contribution >= 4 is 21.4 Å². The maximum Gasteiger partial charge on any atom is 0.0345 e. The van der Waals surface area contributed by atoms with E-state index in [1.54, 1.807) is 0 Å². The fourth-order valence-electron chi connectivity index (χ4n) is 1.76. The van der Waals surface area contributed by atoms with E-state index in [0.29, 0.717) is 0 Å². The molecule has 0 spiro atoms. The summed E-state index contributed by atoms with van der Waals surface area (Å²) in [7, 11) is 0. The molecule has 0 aliphatic carbocycles. The second-order valence-corrected chi connectivity index (χ2v) is 4.23. The number of fused-ring (bicyclic) bond motifs is 1. The van der Waals surface area contributed by atoms with Crippen molar-refractivity contribution in [2.24, 2.45) is 0 Å². The quantitative estimate of drug-likeness (QED) is 0.670. The number of thiophene rings is 1. The third-order valence-electron chi connectivity index (χ3n) is 2.54. The van der Waals surface area contributed by atoms with Crippen LogP contribution in [0.2, 0.25) is 0 Å². The highest BCUT2D eigenvalue weighted by Gasteiger charge is 2.02. The topological polar surface area (TPSA) is 0 Å². The summed E-state index contributed by atoms with van der Waals surface area (Å²) < 4.78 is 1.43. The molecule has 1 heterocycles. The van der Waals surface area contributed by atoms with Gasteiger partial charge in [0, 0.05) is 4.70 Å². The fraction of sp³-hybridized carbons (Fsp3) is 0.333. The van der Waals surface area contributed by atoms with Gasteiger partial charge in [-0.15, -0.1) is 11.3 Å². The Hall–Kier alpha value is -0.820. The second-order valence-electron chi connectivity index (χ2n) is 3.29. The summed E-state index contributed by atoms with van der Waals surface area (Å²) >= 11 is 1.84. The first-order chi connectivity index (χ1) is 6.35. The molecule has 2 aromatic rings. The van der Waals surface area contributed by atoms with E-state index in [9.17, 15) is 0 Å². The molecular weight excluding hydrogens is 176 g/mol. The number of rotatable bonds is 2. The lowest BCUT2D eigenvalue weighted by Crippen LogP contribution is -1.89. The highest BCUT2D eigenvalue weighted by Crippen LogP contribution is 2.25. The van der Waals surface area contributed by atoms with Crippen molar-refractivity contribution in [2.45, 2.75) is 26.7 Å². The van der Waals surface area contributed by atoms with E-state index in [4.69, 9.17) is 0 Å². The second kappa shape index (κ2) is 3.51. The van der Waals surface area contributed by atoms with Gasteiger partial charge in [-0.25, -0.2) is 0 Å². The molecule has 1 aromatic heterocycles. The molecule has 0 N–H and O–H groups in total. The smallest absolute Gasteiger partial charge is 0.0345 e. The standard InChI is InChI=1S/C12H14S/c1-3-9-7-11-5-6-13-12(11)8-10(9)4-2/h5-8H,3-4H2,1-2H3. The maximum absolute atomic E-state index is 2.35. The summed E-state index contributed by atoms with van der Waals surface area (Å²) in [5.41, 5.74) is 3.02. The molecular formula is C12H14S. The molecule has 0 atom stereocenters. The van der Waals surface area contributed by atoms with E-state index in [0.717, 1.165) is 12.8 Å². The van der Waals surface area contributed by atoms with E-state index >= 15 is 0 Å². The summed E-state index contributed by atoms with van der Waals surface area (Å²) in [5.74, 6) is 0. The minimum absolute atomic E-state index is 1.15. The van der Waals surface area contributed by atoms with Crippen molar-refractivity contribution in [3.8, 4) is 0 Å². The molecule has 1 aromatic carbocycles. The molecule has 0 aliphatic rings. The number of hydrogen-bond donors (Lipinski definition) is 0.